The van der Waals surface area contributed by atoms with E-state index >= 15 is 0 Å². The first-order chi connectivity index (χ1) is 9.06. The molecule has 0 unspecified atom stereocenters. The van der Waals surface area contributed by atoms with Crippen LogP contribution in [0.2, 0.25) is 0 Å². The van der Waals surface area contributed by atoms with Gasteiger partial charge in [-0.1, -0.05) is 0 Å². The number of aromatic nitrogens is 1. The van der Waals surface area contributed by atoms with Crippen molar-refractivity contribution in [3.63, 3.8) is 0 Å². The lowest BCUT2D eigenvalue weighted by Crippen LogP contribution is -2.11. The molecule has 0 bridgehead atoms. The van der Waals surface area contributed by atoms with Crippen LogP contribution < -0.4 is 10.6 Å². The number of nitrogens with zero attached hydrogens (tertiary/aromatic N) is 2. The summed E-state index contributed by atoms with van der Waals surface area (Å²) in [7, 11) is 1.30. The van der Waals surface area contributed by atoms with Gasteiger partial charge in [0.25, 0.3) is 5.69 Å². The van der Waals surface area contributed by atoms with Gasteiger partial charge >= 0.3 is 5.97 Å². The van der Waals surface area contributed by atoms with Crippen LogP contribution in [0.4, 0.5) is 17.3 Å². The molecule has 8 heteroatoms. The van der Waals surface area contributed by atoms with Gasteiger partial charge in [0.05, 0.1) is 30.6 Å². The number of ether oxygens (including phenoxy) is 1. The number of esters is 1. The maximum absolute atomic E-state index is 10.9. The van der Waals surface area contributed by atoms with Crippen LogP contribution >= 0.6 is 0 Å². The minimum Gasteiger partial charge on any atom is -0.469 e. The van der Waals surface area contributed by atoms with E-state index in [1.807, 2.05) is 6.92 Å². The molecule has 0 aliphatic rings. The normalized spacial score (nSPS) is 9.79. The summed E-state index contributed by atoms with van der Waals surface area (Å²) in [5.74, 6) is 0.399. The van der Waals surface area contributed by atoms with Gasteiger partial charge in [-0.3, -0.25) is 14.9 Å². The SMILES string of the molecule is CCNc1cc([N+](=O)[O-])cc(NCCC(=O)OC)n1. The number of carbonyl (C=O) groups is 1. The van der Waals surface area contributed by atoms with Crippen LogP contribution in [0.1, 0.15) is 13.3 Å². The van der Waals surface area contributed by atoms with Crippen LogP contribution in [-0.4, -0.2) is 36.1 Å². The van der Waals surface area contributed by atoms with Gasteiger partial charge in [0, 0.05) is 13.1 Å². The maximum Gasteiger partial charge on any atom is 0.307 e. The molecule has 0 amide bonds. The lowest BCUT2D eigenvalue weighted by Gasteiger charge is -2.08. The Morgan fingerprint density at radius 2 is 2.05 bits per heavy atom. The average molecular weight is 268 g/mol. The zero-order chi connectivity index (χ0) is 14.3. The van der Waals surface area contributed by atoms with E-state index in [2.05, 4.69) is 20.4 Å². The lowest BCUT2D eigenvalue weighted by molar-refractivity contribution is -0.384. The molecule has 0 saturated carbocycles. The molecule has 1 aromatic rings. The van der Waals surface area contributed by atoms with Gasteiger partial charge in [0.2, 0.25) is 0 Å². The minimum absolute atomic E-state index is 0.0634. The molecule has 0 atom stereocenters. The smallest absolute Gasteiger partial charge is 0.307 e. The van der Waals surface area contributed by atoms with Crippen molar-refractivity contribution < 1.29 is 14.5 Å². The summed E-state index contributed by atoms with van der Waals surface area (Å²) in [5.41, 5.74) is -0.0634. The number of rotatable bonds is 7. The fraction of sp³-hybridized carbons (Fsp3) is 0.455. The van der Waals surface area contributed by atoms with Crippen LogP contribution in [0, 0.1) is 10.1 Å². The molecule has 0 saturated heterocycles. The van der Waals surface area contributed by atoms with Crippen molar-refractivity contribution in [2.24, 2.45) is 0 Å². The van der Waals surface area contributed by atoms with E-state index in [-0.39, 0.29) is 18.1 Å². The van der Waals surface area contributed by atoms with Crippen LogP contribution in [-0.2, 0) is 9.53 Å². The number of hydrogen-bond acceptors (Lipinski definition) is 7. The van der Waals surface area contributed by atoms with Crippen molar-refractivity contribution in [3.05, 3.63) is 22.2 Å². The van der Waals surface area contributed by atoms with Gasteiger partial charge in [0.1, 0.15) is 11.6 Å². The first-order valence-corrected chi connectivity index (χ1v) is 5.77. The van der Waals surface area contributed by atoms with E-state index in [0.29, 0.717) is 24.7 Å². The number of pyridine rings is 1. The van der Waals surface area contributed by atoms with Crippen molar-refractivity contribution >= 4 is 23.3 Å². The van der Waals surface area contributed by atoms with E-state index in [9.17, 15) is 14.9 Å². The fourth-order valence-corrected chi connectivity index (χ4v) is 1.38. The molecule has 1 rings (SSSR count). The van der Waals surface area contributed by atoms with Gasteiger partial charge in [0.15, 0.2) is 0 Å². The molecule has 0 aliphatic carbocycles. The highest BCUT2D eigenvalue weighted by atomic mass is 16.6. The van der Waals surface area contributed by atoms with Crippen LogP contribution in [0.25, 0.3) is 0 Å². The van der Waals surface area contributed by atoms with Crippen LogP contribution in [0.5, 0.6) is 0 Å². The number of nitro groups is 1. The van der Waals surface area contributed by atoms with E-state index in [4.69, 9.17) is 0 Å². The van der Waals surface area contributed by atoms with Crippen LogP contribution in [0.15, 0.2) is 12.1 Å². The molecule has 1 aromatic heterocycles. The Hall–Kier alpha value is -2.38. The first-order valence-electron chi connectivity index (χ1n) is 5.77. The lowest BCUT2D eigenvalue weighted by atomic mass is 10.3. The zero-order valence-corrected chi connectivity index (χ0v) is 10.8. The highest BCUT2D eigenvalue weighted by Gasteiger charge is 2.11. The molecule has 0 aromatic carbocycles. The number of nitrogens with one attached hydrogen (secondary N) is 2. The third-order valence-corrected chi connectivity index (χ3v) is 2.24. The second kappa shape index (κ2) is 7.14. The Balaban J connectivity index is 2.75. The molecule has 0 radical (unpaired) electrons. The minimum atomic E-state index is -0.492. The number of hydrogen-bond donors (Lipinski definition) is 2. The van der Waals surface area contributed by atoms with E-state index in [1.165, 1.54) is 19.2 Å². The predicted molar refractivity (Wildman–Crippen MR) is 70.2 cm³/mol. The molecular formula is C11H16N4O4. The van der Waals surface area contributed by atoms with E-state index in [1.54, 1.807) is 0 Å². The van der Waals surface area contributed by atoms with Crippen molar-refractivity contribution in [1.29, 1.82) is 0 Å². The highest BCUT2D eigenvalue weighted by Crippen LogP contribution is 2.20. The predicted octanol–water partition coefficient (Wildman–Crippen LogP) is 1.40. The molecule has 19 heavy (non-hydrogen) atoms. The molecule has 0 fully saturated rings. The Morgan fingerprint density at radius 1 is 1.42 bits per heavy atom. The molecule has 0 spiro atoms. The van der Waals surface area contributed by atoms with Crippen molar-refractivity contribution in [2.45, 2.75) is 13.3 Å². The quantitative estimate of drug-likeness (QED) is 0.437. The highest BCUT2D eigenvalue weighted by molar-refractivity contribution is 5.69. The van der Waals surface area contributed by atoms with Gasteiger partial charge in [-0.25, -0.2) is 4.98 Å². The third-order valence-electron chi connectivity index (χ3n) is 2.24. The topological polar surface area (TPSA) is 106 Å². The van der Waals surface area contributed by atoms with Gasteiger partial charge < -0.3 is 15.4 Å². The second-order valence-corrected chi connectivity index (χ2v) is 3.64. The monoisotopic (exact) mass is 268 g/mol. The third kappa shape index (κ3) is 4.78. The molecule has 1 heterocycles. The molecule has 0 aliphatic heterocycles. The summed E-state index contributed by atoms with van der Waals surface area (Å²) >= 11 is 0. The molecule has 2 N–H and O–H groups in total. The van der Waals surface area contributed by atoms with Crippen molar-refractivity contribution in [3.8, 4) is 0 Å². The van der Waals surface area contributed by atoms with E-state index < -0.39 is 4.92 Å². The molecule has 8 nitrogen and oxygen atoms in total. The summed E-state index contributed by atoms with van der Waals surface area (Å²) in [6, 6.07) is 2.67. The largest absolute Gasteiger partial charge is 0.469 e. The Bertz CT molecular complexity index is 464. The Labute approximate surface area is 110 Å². The van der Waals surface area contributed by atoms with Gasteiger partial charge in [-0.2, -0.15) is 0 Å². The Morgan fingerprint density at radius 3 is 2.58 bits per heavy atom. The van der Waals surface area contributed by atoms with Gasteiger partial charge in [-0.15, -0.1) is 0 Å². The number of methoxy groups -OCH3 is 1. The second-order valence-electron chi connectivity index (χ2n) is 3.64. The summed E-state index contributed by atoms with van der Waals surface area (Å²) in [6.45, 7) is 2.77. The van der Waals surface area contributed by atoms with Gasteiger partial charge in [-0.05, 0) is 6.92 Å². The van der Waals surface area contributed by atoms with Crippen LogP contribution in [0.3, 0.4) is 0 Å². The summed E-state index contributed by atoms with van der Waals surface area (Å²) < 4.78 is 4.49. The van der Waals surface area contributed by atoms with Crippen molar-refractivity contribution in [2.75, 3.05) is 30.8 Å². The first kappa shape index (κ1) is 14.7. The summed E-state index contributed by atoms with van der Waals surface area (Å²) in [5, 5.41) is 16.5. The standard InChI is InChI=1S/C11H16N4O4/c1-3-12-9-6-8(15(17)18)7-10(14-9)13-5-4-11(16)19-2/h6-7H,3-5H2,1-2H3,(H2,12,13,14). The number of carbonyl (C=O) groups excluding carboxylic acids is 1. The average Bonchev–Trinajstić information content (AvgIpc) is 2.38. The van der Waals surface area contributed by atoms with Crippen molar-refractivity contribution in [1.82, 2.24) is 4.98 Å². The zero-order valence-electron chi connectivity index (χ0n) is 10.8. The molecule has 104 valence electrons. The molecular weight excluding hydrogens is 252 g/mol. The fourth-order valence-electron chi connectivity index (χ4n) is 1.38. The number of anilines is 2. The summed E-state index contributed by atoms with van der Waals surface area (Å²) in [4.78, 5) is 25.4. The Kier molecular flexibility index (Phi) is 5.52. The maximum atomic E-state index is 10.9. The van der Waals surface area contributed by atoms with E-state index in [0.717, 1.165) is 0 Å². The summed E-state index contributed by atoms with van der Waals surface area (Å²) in [6.07, 6.45) is 0.164.